The zero-order chi connectivity index (χ0) is 14.2. The summed E-state index contributed by atoms with van der Waals surface area (Å²) in [7, 11) is 2.00. The van der Waals surface area contributed by atoms with Gasteiger partial charge in [0.1, 0.15) is 0 Å². The highest BCUT2D eigenvalue weighted by Gasteiger charge is 2.51. The minimum atomic E-state index is 0.0633. The van der Waals surface area contributed by atoms with E-state index >= 15 is 0 Å². The van der Waals surface area contributed by atoms with Crippen molar-refractivity contribution >= 4 is 5.91 Å². The SMILES string of the molecule is CC[C@@H]1N(Cc2ccoc2)CCC[C@]12CCC(=O)N2C. The number of furan rings is 1. The minimum absolute atomic E-state index is 0.0633. The number of hydrogen-bond donors (Lipinski definition) is 0. The van der Waals surface area contributed by atoms with E-state index in [0.717, 1.165) is 32.4 Å². The number of carbonyl (C=O) groups is 1. The quantitative estimate of drug-likeness (QED) is 0.851. The number of nitrogens with zero attached hydrogens (tertiary/aromatic N) is 2. The van der Waals surface area contributed by atoms with Gasteiger partial charge in [-0.2, -0.15) is 0 Å². The third kappa shape index (κ3) is 2.06. The molecular weight excluding hydrogens is 252 g/mol. The van der Waals surface area contributed by atoms with Gasteiger partial charge < -0.3 is 9.32 Å². The maximum absolute atomic E-state index is 12.0. The lowest BCUT2D eigenvalue weighted by Gasteiger charge is -2.51. The van der Waals surface area contributed by atoms with Gasteiger partial charge in [-0.05, 0) is 38.3 Å². The number of carbonyl (C=O) groups excluding carboxylic acids is 1. The van der Waals surface area contributed by atoms with Gasteiger partial charge in [0.25, 0.3) is 0 Å². The molecule has 4 nitrogen and oxygen atoms in total. The van der Waals surface area contributed by atoms with Crippen molar-refractivity contribution in [2.24, 2.45) is 0 Å². The van der Waals surface area contributed by atoms with Crippen LogP contribution in [0.1, 0.15) is 44.6 Å². The first kappa shape index (κ1) is 13.7. The monoisotopic (exact) mass is 276 g/mol. The molecule has 1 aromatic heterocycles. The van der Waals surface area contributed by atoms with Gasteiger partial charge in [-0.15, -0.1) is 0 Å². The molecule has 3 heterocycles. The Hall–Kier alpha value is -1.29. The van der Waals surface area contributed by atoms with Crippen LogP contribution in [-0.4, -0.2) is 40.9 Å². The Labute approximate surface area is 120 Å². The summed E-state index contributed by atoms with van der Waals surface area (Å²) in [6, 6.07) is 2.50. The molecule has 0 unspecified atom stereocenters. The lowest BCUT2D eigenvalue weighted by atomic mass is 9.77. The first-order chi connectivity index (χ1) is 9.67. The van der Waals surface area contributed by atoms with Crippen molar-refractivity contribution in [1.29, 1.82) is 0 Å². The van der Waals surface area contributed by atoms with Crippen molar-refractivity contribution in [3.05, 3.63) is 24.2 Å². The van der Waals surface area contributed by atoms with Crippen LogP contribution in [0.3, 0.4) is 0 Å². The predicted molar refractivity (Wildman–Crippen MR) is 77.2 cm³/mol. The second-order valence-electron chi connectivity index (χ2n) is 6.19. The molecule has 0 radical (unpaired) electrons. The largest absolute Gasteiger partial charge is 0.472 e. The number of hydrogen-bond acceptors (Lipinski definition) is 3. The molecule has 2 fully saturated rings. The molecule has 110 valence electrons. The van der Waals surface area contributed by atoms with Crippen LogP contribution in [0.2, 0.25) is 0 Å². The maximum Gasteiger partial charge on any atom is 0.222 e. The highest BCUT2D eigenvalue weighted by Crippen LogP contribution is 2.42. The van der Waals surface area contributed by atoms with E-state index in [1.165, 1.54) is 12.0 Å². The Kier molecular flexibility index (Phi) is 3.59. The summed E-state index contributed by atoms with van der Waals surface area (Å²) in [6.07, 6.45) is 8.71. The van der Waals surface area contributed by atoms with Gasteiger partial charge in [-0.3, -0.25) is 9.69 Å². The van der Waals surface area contributed by atoms with Crippen LogP contribution in [-0.2, 0) is 11.3 Å². The van der Waals surface area contributed by atoms with Crippen LogP contribution in [0.5, 0.6) is 0 Å². The molecular formula is C16H24N2O2. The van der Waals surface area contributed by atoms with Crippen molar-refractivity contribution in [2.45, 2.75) is 57.2 Å². The Bertz CT molecular complexity index is 471. The Morgan fingerprint density at radius 2 is 2.30 bits per heavy atom. The zero-order valence-electron chi connectivity index (χ0n) is 12.5. The molecule has 1 aromatic rings. The fourth-order valence-electron chi connectivity index (χ4n) is 4.29. The third-order valence-corrected chi connectivity index (χ3v) is 5.28. The molecule has 2 atom stereocenters. The van der Waals surface area contributed by atoms with Crippen molar-refractivity contribution < 1.29 is 9.21 Å². The average molecular weight is 276 g/mol. The second kappa shape index (κ2) is 5.24. The number of rotatable bonds is 3. The maximum atomic E-state index is 12.0. The molecule has 0 aliphatic carbocycles. The molecule has 2 aliphatic rings. The van der Waals surface area contributed by atoms with Crippen LogP contribution in [0.15, 0.2) is 23.0 Å². The topological polar surface area (TPSA) is 36.7 Å². The number of likely N-dealkylation sites (tertiary alicyclic amines) is 2. The first-order valence-electron chi connectivity index (χ1n) is 7.69. The summed E-state index contributed by atoms with van der Waals surface area (Å²) in [5.41, 5.74) is 1.29. The van der Waals surface area contributed by atoms with Crippen molar-refractivity contribution in [3.8, 4) is 0 Å². The van der Waals surface area contributed by atoms with E-state index in [-0.39, 0.29) is 5.54 Å². The van der Waals surface area contributed by atoms with E-state index in [2.05, 4.69) is 11.8 Å². The molecule has 2 aliphatic heterocycles. The molecule has 0 saturated carbocycles. The highest BCUT2D eigenvalue weighted by atomic mass is 16.3. The fraction of sp³-hybridized carbons (Fsp3) is 0.688. The van der Waals surface area contributed by atoms with E-state index in [9.17, 15) is 4.79 Å². The zero-order valence-corrected chi connectivity index (χ0v) is 12.5. The predicted octanol–water partition coefficient (Wildman–Crippen LogP) is 2.65. The lowest BCUT2D eigenvalue weighted by Crippen LogP contribution is -2.61. The summed E-state index contributed by atoms with van der Waals surface area (Å²) in [6.45, 7) is 4.29. The van der Waals surface area contributed by atoms with E-state index in [0.29, 0.717) is 18.4 Å². The van der Waals surface area contributed by atoms with Gasteiger partial charge in [0.05, 0.1) is 18.1 Å². The molecule has 1 amide bonds. The van der Waals surface area contributed by atoms with Crippen LogP contribution < -0.4 is 0 Å². The van der Waals surface area contributed by atoms with Gasteiger partial charge in [0, 0.05) is 31.6 Å². The second-order valence-corrected chi connectivity index (χ2v) is 6.19. The van der Waals surface area contributed by atoms with Crippen LogP contribution >= 0.6 is 0 Å². The summed E-state index contributed by atoms with van der Waals surface area (Å²) in [5, 5.41) is 0. The molecule has 2 saturated heterocycles. The van der Waals surface area contributed by atoms with Gasteiger partial charge in [0.15, 0.2) is 0 Å². The van der Waals surface area contributed by atoms with Gasteiger partial charge in [0.2, 0.25) is 5.91 Å². The van der Waals surface area contributed by atoms with E-state index in [1.807, 2.05) is 24.3 Å². The molecule has 1 spiro atoms. The van der Waals surface area contributed by atoms with E-state index < -0.39 is 0 Å². The average Bonchev–Trinajstić information content (AvgIpc) is 3.05. The van der Waals surface area contributed by atoms with Gasteiger partial charge in [-0.25, -0.2) is 0 Å². The fourth-order valence-corrected chi connectivity index (χ4v) is 4.29. The van der Waals surface area contributed by atoms with E-state index in [1.54, 1.807) is 6.26 Å². The summed E-state index contributed by atoms with van der Waals surface area (Å²) in [4.78, 5) is 16.6. The Morgan fingerprint density at radius 3 is 2.90 bits per heavy atom. The number of piperidine rings is 1. The smallest absolute Gasteiger partial charge is 0.222 e. The van der Waals surface area contributed by atoms with Crippen molar-refractivity contribution in [1.82, 2.24) is 9.80 Å². The Balaban J connectivity index is 1.84. The van der Waals surface area contributed by atoms with Crippen LogP contribution in [0.25, 0.3) is 0 Å². The van der Waals surface area contributed by atoms with Gasteiger partial charge in [-0.1, -0.05) is 6.92 Å². The number of likely N-dealkylation sites (N-methyl/N-ethyl adjacent to an activating group) is 1. The normalized spacial score (nSPS) is 31.4. The molecule has 0 aromatic carbocycles. The highest BCUT2D eigenvalue weighted by molar-refractivity contribution is 5.79. The van der Waals surface area contributed by atoms with E-state index in [4.69, 9.17) is 4.42 Å². The summed E-state index contributed by atoms with van der Waals surface area (Å²) >= 11 is 0. The molecule has 0 N–H and O–H groups in total. The van der Waals surface area contributed by atoms with Crippen molar-refractivity contribution in [2.75, 3.05) is 13.6 Å². The summed E-state index contributed by atoms with van der Waals surface area (Å²) < 4.78 is 5.19. The van der Waals surface area contributed by atoms with Crippen LogP contribution in [0.4, 0.5) is 0 Å². The molecule has 3 rings (SSSR count). The lowest BCUT2D eigenvalue weighted by molar-refractivity contribution is -0.133. The van der Waals surface area contributed by atoms with Crippen molar-refractivity contribution in [3.63, 3.8) is 0 Å². The Morgan fingerprint density at radius 1 is 1.45 bits per heavy atom. The molecule has 4 heteroatoms. The summed E-state index contributed by atoms with van der Waals surface area (Å²) in [5.74, 6) is 0.314. The van der Waals surface area contributed by atoms with Gasteiger partial charge >= 0.3 is 0 Å². The third-order valence-electron chi connectivity index (χ3n) is 5.28. The molecule has 20 heavy (non-hydrogen) atoms. The standard InChI is InChI=1S/C16H24N2O2/c1-3-14-16(8-5-15(19)17(16)2)7-4-9-18(14)11-13-6-10-20-12-13/h6,10,12,14H,3-5,7-9,11H2,1-2H3/t14-,16-/m0/s1. The molecule has 0 bridgehead atoms. The van der Waals surface area contributed by atoms with Crippen LogP contribution in [0, 0.1) is 0 Å². The minimum Gasteiger partial charge on any atom is -0.472 e. The number of amides is 1. The first-order valence-corrected chi connectivity index (χ1v) is 7.69.